The fourth-order valence-electron chi connectivity index (χ4n) is 2.85. The minimum Gasteiger partial charge on any atom is -0.359 e. The summed E-state index contributed by atoms with van der Waals surface area (Å²) in [6, 6.07) is 13.6. The Hall–Kier alpha value is -3.41. The lowest BCUT2D eigenvalue weighted by Crippen LogP contribution is -2.12. The maximum atomic E-state index is 13.1. The molecule has 25 heavy (non-hydrogen) atoms. The van der Waals surface area contributed by atoms with Crippen LogP contribution < -0.4 is 5.32 Å². The van der Waals surface area contributed by atoms with Crippen LogP contribution in [0.2, 0.25) is 0 Å². The minimum atomic E-state index is -0.329. The monoisotopic (exact) mass is 334 g/mol. The predicted molar refractivity (Wildman–Crippen MR) is 95.0 cm³/mol. The van der Waals surface area contributed by atoms with Crippen LogP contribution in [0.3, 0.4) is 0 Å². The zero-order chi connectivity index (χ0) is 17.4. The van der Waals surface area contributed by atoms with Crippen LogP contribution in [0.1, 0.15) is 16.1 Å². The van der Waals surface area contributed by atoms with Gasteiger partial charge >= 0.3 is 0 Å². The summed E-state index contributed by atoms with van der Waals surface area (Å²) in [4.78, 5) is 15.9. The van der Waals surface area contributed by atoms with E-state index in [0.717, 1.165) is 16.6 Å². The van der Waals surface area contributed by atoms with Gasteiger partial charge in [-0.15, -0.1) is 0 Å². The molecule has 2 aromatic carbocycles. The number of amides is 1. The number of hydrogen-bond donors (Lipinski definition) is 3. The highest BCUT2D eigenvalue weighted by atomic mass is 19.1. The van der Waals surface area contributed by atoms with E-state index in [4.69, 9.17) is 0 Å². The van der Waals surface area contributed by atoms with E-state index in [2.05, 4.69) is 20.5 Å². The summed E-state index contributed by atoms with van der Waals surface area (Å²) >= 11 is 0. The standard InChI is InChI=1S/C19H15FN4O/c1-11-8-13-9-15(6-7-17(13)22-11)23-19(25)16-10-21-24-18(16)12-2-4-14(20)5-3-12/h2-10,22H,1H3,(H,21,24)(H,23,25). The summed E-state index contributed by atoms with van der Waals surface area (Å²) in [6.07, 6.45) is 1.47. The Labute approximate surface area is 142 Å². The van der Waals surface area contributed by atoms with Crippen molar-refractivity contribution in [2.75, 3.05) is 5.32 Å². The summed E-state index contributed by atoms with van der Waals surface area (Å²) in [6.45, 7) is 1.98. The highest BCUT2D eigenvalue weighted by molar-refractivity contribution is 6.08. The highest BCUT2D eigenvalue weighted by Crippen LogP contribution is 2.24. The number of rotatable bonds is 3. The number of nitrogens with one attached hydrogen (secondary N) is 3. The molecule has 4 rings (SSSR count). The van der Waals surface area contributed by atoms with E-state index >= 15 is 0 Å². The summed E-state index contributed by atoms with van der Waals surface area (Å²) in [7, 11) is 0. The second kappa shape index (κ2) is 5.90. The molecule has 0 radical (unpaired) electrons. The predicted octanol–water partition coefficient (Wildman–Crippen LogP) is 4.26. The van der Waals surface area contributed by atoms with Gasteiger partial charge in [-0.1, -0.05) is 0 Å². The molecule has 2 aromatic heterocycles. The molecule has 0 atom stereocenters. The maximum absolute atomic E-state index is 13.1. The van der Waals surface area contributed by atoms with E-state index in [9.17, 15) is 9.18 Å². The van der Waals surface area contributed by atoms with Crippen molar-refractivity contribution in [3.63, 3.8) is 0 Å². The van der Waals surface area contributed by atoms with Crippen molar-refractivity contribution in [2.45, 2.75) is 6.92 Å². The summed E-state index contributed by atoms with van der Waals surface area (Å²) in [5.74, 6) is -0.607. The molecule has 0 spiro atoms. The van der Waals surface area contributed by atoms with E-state index in [0.29, 0.717) is 22.5 Å². The van der Waals surface area contributed by atoms with Gasteiger partial charge in [0.1, 0.15) is 5.82 Å². The van der Waals surface area contributed by atoms with Crippen LogP contribution >= 0.6 is 0 Å². The molecular formula is C19H15FN4O. The lowest BCUT2D eigenvalue weighted by Gasteiger charge is -2.06. The summed E-state index contributed by atoms with van der Waals surface area (Å²) in [5.41, 5.74) is 4.43. The minimum absolute atomic E-state index is 0.278. The average molecular weight is 334 g/mol. The molecule has 3 N–H and O–H groups in total. The van der Waals surface area contributed by atoms with E-state index in [1.165, 1.54) is 18.3 Å². The van der Waals surface area contributed by atoms with Crippen LogP contribution in [0.5, 0.6) is 0 Å². The van der Waals surface area contributed by atoms with Crippen molar-refractivity contribution >= 4 is 22.5 Å². The topological polar surface area (TPSA) is 73.6 Å². The first-order chi connectivity index (χ1) is 12.1. The summed E-state index contributed by atoms with van der Waals surface area (Å²) < 4.78 is 13.1. The molecule has 0 aliphatic heterocycles. The zero-order valence-corrected chi connectivity index (χ0v) is 13.4. The summed E-state index contributed by atoms with van der Waals surface area (Å²) in [5, 5.41) is 10.7. The third-order valence-electron chi connectivity index (χ3n) is 4.03. The number of carbonyl (C=O) groups excluding carboxylic acids is 1. The first kappa shape index (κ1) is 15.1. The molecule has 0 saturated heterocycles. The molecular weight excluding hydrogens is 319 g/mol. The quantitative estimate of drug-likeness (QED) is 0.524. The van der Waals surface area contributed by atoms with Gasteiger partial charge < -0.3 is 10.3 Å². The van der Waals surface area contributed by atoms with Gasteiger partial charge in [-0.3, -0.25) is 9.89 Å². The Bertz CT molecular complexity index is 1060. The van der Waals surface area contributed by atoms with Crippen LogP contribution in [-0.4, -0.2) is 21.1 Å². The Kier molecular flexibility index (Phi) is 3.57. The van der Waals surface area contributed by atoms with Crippen LogP contribution in [-0.2, 0) is 0 Å². The molecule has 6 heteroatoms. The Morgan fingerprint density at radius 2 is 1.92 bits per heavy atom. The van der Waals surface area contributed by atoms with E-state index in [1.54, 1.807) is 12.1 Å². The molecule has 0 fully saturated rings. The maximum Gasteiger partial charge on any atom is 0.259 e. The number of aromatic nitrogens is 3. The van der Waals surface area contributed by atoms with Crippen molar-refractivity contribution < 1.29 is 9.18 Å². The van der Waals surface area contributed by atoms with Gasteiger partial charge in [0.25, 0.3) is 5.91 Å². The number of anilines is 1. The molecule has 0 bridgehead atoms. The number of H-pyrrole nitrogens is 2. The van der Waals surface area contributed by atoms with E-state index in [-0.39, 0.29) is 11.7 Å². The number of nitrogens with zero attached hydrogens (tertiary/aromatic N) is 1. The molecule has 1 amide bonds. The van der Waals surface area contributed by atoms with Gasteiger partial charge in [0.05, 0.1) is 17.5 Å². The molecule has 4 aromatic rings. The second-order valence-corrected chi connectivity index (χ2v) is 5.87. The van der Waals surface area contributed by atoms with Gasteiger partial charge in [-0.2, -0.15) is 5.10 Å². The molecule has 2 heterocycles. The van der Waals surface area contributed by atoms with Crippen molar-refractivity contribution in [3.05, 3.63) is 71.8 Å². The van der Waals surface area contributed by atoms with Crippen molar-refractivity contribution in [3.8, 4) is 11.3 Å². The normalized spacial score (nSPS) is 11.0. The lowest BCUT2D eigenvalue weighted by molar-refractivity contribution is 0.102. The van der Waals surface area contributed by atoms with E-state index in [1.807, 2.05) is 31.2 Å². The third kappa shape index (κ3) is 2.89. The van der Waals surface area contributed by atoms with Crippen LogP contribution in [0, 0.1) is 12.7 Å². The fourth-order valence-corrected chi connectivity index (χ4v) is 2.85. The molecule has 0 aliphatic rings. The van der Waals surface area contributed by atoms with Crippen LogP contribution in [0.4, 0.5) is 10.1 Å². The Morgan fingerprint density at radius 1 is 1.12 bits per heavy atom. The largest absolute Gasteiger partial charge is 0.359 e. The molecule has 0 aliphatic carbocycles. The van der Waals surface area contributed by atoms with Gasteiger partial charge in [0.2, 0.25) is 0 Å². The van der Waals surface area contributed by atoms with Crippen molar-refractivity contribution in [2.24, 2.45) is 0 Å². The number of carbonyl (C=O) groups is 1. The number of aromatic amines is 2. The van der Waals surface area contributed by atoms with Crippen molar-refractivity contribution in [1.82, 2.24) is 15.2 Å². The highest BCUT2D eigenvalue weighted by Gasteiger charge is 2.16. The van der Waals surface area contributed by atoms with Crippen LogP contribution in [0.15, 0.2) is 54.7 Å². The zero-order valence-electron chi connectivity index (χ0n) is 13.4. The second-order valence-electron chi connectivity index (χ2n) is 5.87. The Balaban J connectivity index is 1.62. The SMILES string of the molecule is Cc1cc2cc(NC(=O)c3cn[nH]c3-c3ccc(F)cc3)ccc2[nH]1. The number of halogens is 1. The molecule has 0 saturated carbocycles. The molecule has 5 nitrogen and oxygen atoms in total. The van der Waals surface area contributed by atoms with Gasteiger partial charge in [-0.25, -0.2) is 4.39 Å². The lowest BCUT2D eigenvalue weighted by atomic mass is 10.1. The fraction of sp³-hybridized carbons (Fsp3) is 0.0526. The molecule has 124 valence electrons. The molecule has 0 unspecified atom stereocenters. The van der Waals surface area contributed by atoms with Gasteiger partial charge in [-0.05, 0) is 55.5 Å². The number of fused-ring (bicyclic) bond motifs is 1. The smallest absolute Gasteiger partial charge is 0.259 e. The van der Waals surface area contributed by atoms with Gasteiger partial charge in [0, 0.05) is 27.8 Å². The number of aryl methyl sites for hydroxylation is 1. The average Bonchev–Trinajstić information content (AvgIpc) is 3.21. The number of hydrogen-bond acceptors (Lipinski definition) is 2. The number of benzene rings is 2. The first-order valence-electron chi connectivity index (χ1n) is 7.80. The van der Waals surface area contributed by atoms with Gasteiger partial charge in [0.15, 0.2) is 0 Å². The first-order valence-corrected chi connectivity index (χ1v) is 7.80. The van der Waals surface area contributed by atoms with E-state index < -0.39 is 0 Å². The van der Waals surface area contributed by atoms with Crippen LogP contribution in [0.25, 0.3) is 22.2 Å². The third-order valence-corrected chi connectivity index (χ3v) is 4.03. The van der Waals surface area contributed by atoms with Crippen molar-refractivity contribution in [1.29, 1.82) is 0 Å². The Morgan fingerprint density at radius 3 is 2.72 bits per heavy atom.